The Morgan fingerprint density at radius 3 is 2.72 bits per heavy atom. The summed E-state index contributed by atoms with van der Waals surface area (Å²) in [5.41, 5.74) is 2.22. The highest BCUT2D eigenvalue weighted by atomic mass is 32.1. The zero-order chi connectivity index (χ0) is 17.0. The fraction of sp³-hybridized carbons (Fsp3) is 0.238. The predicted octanol–water partition coefficient (Wildman–Crippen LogP) is 4.79. The van der Waals surface area contributed by atoms with E-state index >= 15 is 0 Å². The van der Waals surface area contributed by atoms with Crippen LogP contribution in [0, 0.1) is 6.92 Å². The van der Waals surface area contributed by atoms with Gasteiger partial charge in [0.05, 0.1) is 11.1 Å². The maximum Gasteiger partial charge on any atom is 0.267 e. The van der Waals surface area contributed by atoms with Crippen molar-refractivity contribution in [2.45, 2.75) is 32.6 Å². The summed E-state index contributed by atoms with van der Waals surface area (Å²) in [5.74, 6) is 0.756. The maximum absolute atomic E-state index is 13.3. The number of rotatable bonds is 1. The summed E-state index contributed by atoms with van der Waals surface area (Å²) in [6.07, 6.45) is 4.48. The lowest BCUT2D eigenvalue weighted by molar-refractivity contribution is 0.699. The van der Waals surface area contributed by atoms with Crippen LogP contribution >= 0.6 is 11.3 Å². The molecule has 0 fully saturated rings. The lowest BCUT2D eigenvalue weighted by Crippen LogP contribution is -2.22. The van der Waals surface area contributed by atoms with Crippen LogP contribution in [-0.2, 0) is 12.8 Å². The van der Waals surface area contributed by atoms with E-state index in [1.54, 1.807) is 15.9 Å². The smallest absolute Gasteiger partial charge is 0.267 e. The van der Waals surface area contributed by atoms with Gasteiger partial charge in [0.2, 0.25) is 0 Å². The quantitative estimate of drug-likeness (QED) is 0.497. The SMILES string of the molecule is Cc1nc2sc3c(c2c(=O)n1-c1ccc2ccccc2c1)CCCC3. The van der Waals surface area contributed by atoms with Gasteiger partial charge in [-0.3, -0.25) is 9.36 Å². The molecule has 4 heteroatoms. The molecule has 25 heavy (non-hydrogen) atoms. The molecule has 2 heterocycles. The van der Waals surface area contributed by atoms with Gasteiger partial charge < -0.3 is 0 Å². The van der Waals surface area contributed by atoms with Gasteiger partial charge in [-0.25, -0.2) is 4.98 Å². The number of benzene rings is 2. The highest BCUT2D eigenvalue weighted by Crippen LogP contribution is 2.34. The molecule has 1 aliphatic carbocycles. The van der Waals surface area contributed by atoms with Crippen molar-refractivity contribution in [2.24, 2.45) is 0 Å². The first-order valence-electron chi connectivity index (χ1n) is 8.75. The van der Waals surface area contributed by atoms with Crippen LogP contribution in [0.15, 0.2) is 47.3 Å². The Balaban J connectivity index is 1.81. The number of nitrogens with zero attached hydrogens (tertiary/aromatic N) is 2. The summed E-state index contributed by atoms with van der Waals surface area (Å²) in [4.78, 5) is 20.4. The largest absolute Gasteiger partial charge is 0.268 e. The Morgan fingerprint density at radius 2 is 1.84 bits per heavy atom. The molecule has 3 nitrogen and oxygen atoms in total. The van der Waals surface area contributed by atoms with Crippen LogP contribution in [0.1, 0.15) is 29.1 Å². The molecular formula is C21H18N2OS. The van der Waals surface area contributed by atoms with E-state index in [2.05, 4.69) is 24.3 Å². The first kappa shape index (κ1) is 14.8. The van der Waals surface area contributed by atoms with Gasteiger partial charge in [-0.2, -0.15) is 0 Å². The second kappa shape index (κ2) is 5.53. The average molecular weight is 346 g/mol. The van der Waals surface area contributed by atoms with Gasteiger partial charge in [-0.1, -0.05) is 30.3 Å². The molecule has 5 rings (SSSR count). The van der Waals surface area contributed by atoms with Crippen molar-refractivity contribution in [1.29, 1.82) is 0 Å². The van der Waals surface area contributed by atoms with Crippen molar-refractivity contribution in [3.05, 3.63) is 69.1 Å². The molecule has 4 aromatic rings. The lowest BCUT2D eigenvalue weighted by Gasteiger charge is -2.12. The standard InChI is InChI=1S/C21H18N2OS/c1-13-22-20-19(17-8-4-5-9-18(17)25-20)21(24)23(13)16-11-10-14-6-2-3-7-15(14)12-16/h2-3,6-7,10-12H,4-5,8-9H2,1H3. The van der Waals surface area contributed by atoms with Gasteiger partial charge >= 0.3 is 0 Å². The molecule has 0 amide bonds. The van der Waals surface area contributed by atoms with E-state index in [0.29, 0.717) is 0 Å². The Hall–Kier alpha value is -2.46. The molecule has 0 atom stereocenters. The zero-order valence-corrected chi connectivity index (χ0v) is 14.9. The first-order valence-corrected chi connectivity index (χ1v) is 9.57. The van der Waals surface area contributed by atoms with Crippen molar-refractivity contribution >= 4 is 32.3 Å². The molecule has 124 valence electrons. The summed E-state index contributed by atoms with van der Waals surface area (Å²) in [6, 6.07) is 14.4. The molecule has 0 N–H and O–H groups in total. The van der Waals surface area contributed by atoms with Crippen LogP contribution in [-0.4, -0.2) is 9.55 Å². The molecule has 0 spiro atoms. The molecule has 0 unspecified atom stereocenters. The normalized spacial score (nSPS) is 14.1. The Labute approximate surface area is 149 Å². The van der Waals surface area contributed by atoms with E-state index in [1.165, 1.54) is 28.7 Å². The number of thiophene rings is 1. The van der Waals surface area contributed by atoms with Crippen LogP contribution in [0.5, 0.6) is 0 Å². The highest BCUT2D eigenvalue weighted by Gasteiger charge is 2.21. The summed E-state index contributed by atoms with van der Waals surface area (Å²) < 4.78 is 1.77. The monoisotopic (exact) mass is 346 g/mol. The Kier molecular flexibility index (Phi) is 3.28. The van der Waals surface area contributed by atoms with Crippen molar-refractivity contribution in [3.63, 3.8) is 0 Å². The van der Waals surface area contributed by atoms with E-state index in [-0.39, 0.29) is 5.56 Å². The third-order valence-corrected chi connectivity index (χ3v) is 6.33. The Morgan fingerprint density at radius 1 is 1.04 bits per heavy atom. The van der Waals surface area contributed by atoms with E-state index in [1.807, 2.05) is 25.1 Å². The lowest BCUT2D eigenvalue weighted by atomic mass is 9.97. The van der Waals surface area contributed by atoms with Gasteiger partial charge in [-0.05, 0) is 61.1 Å². The zero-order valence-electron chi connectivity index (χ0n) is 14.1. The second-order valence-electron chi connectivity index (χ2n) is 6.72. The van der Waals surface area contributed by atoms with Crippen molar-refractivity contribution in [1.82, 2.24) is 9.55 Å². The minimum absolute atomic E-state index is 0.0807. The molecule has 1 aliphatic rings. The van der Waals surface area contributed by atoms with E-state index in [4.69, 9.17) is 4.98 Å². The molecule has 2 aromatic carbocycles. The Bertz CT molecular complexity index is 1190. The van der Waals surface area contributed by atoms with Gasteiger partial charge in [-0.15, -0.1) is 11.3 Å². The van der Waals surface area contributed by atoms with E-state index in [9.17, 15) is 4.79 Å². The first-order chi connectivity index (χ1) is 12.2. The second-order valence-corrected chi connectivity index (χ2v) is 7.81. The topological polar surface area (TPSA) is 34.9 Å². The van der Waals surface area contributed by atoms with Crippen molar-refractivity contribution in [3.8, 4) is 5.69 Å². The third kappa shape index (κ3) is 2.24. The van der Waals surface area contributed by atoms with Crippen molar-refractivity contribution in [2.75, 3.05) is 0 Å². The number of aromatic nitrogens is 2. The van der Waals surface area contributed by atoms with Crippen LogP contribution < -0.4 is 5.56 Å². The summed E-state index contributed by atoms with van der Waals surface area (Å²) in [6.45, 7) is 1.93. The molecule has 0 bridgehead atoms. The average Bonchev–Trinajstić information content (AvgIpc) is 2.99. The number of fused-ring (bicyclic) bond motifs is 4. The minimum Gasteiger partial charge on any atom is -0.268 e. The van der Waals surface area contributed by atoms with Crippen LogP contribution in [0.25, 0.3) is 26.7 Å². The predicted molar refractivity (Wildman–Crippen MR) is 104 cm³/mol. The van der Waals surface area contributed by atoms with Gasteiger partial charge in [0, 0.05) is 4.88 Å². The number of hydrogen-bond donors (Lipinski definition) is 0. The number of aryl methyl sites for hydroxylation is 3. The van der Waals surface area contributed by atoms with Gasteiger partial charge in [0.1, 0.15) is 10.7 Å². The third-order valence-electron chi connectivity index (χ3n) is 5.15. The summed E-state index contributed by atoms with van der Waals surface area (Å²) in [5, 5.41) is 3.16. The van der Waals surface area contributed by atoms with Gasteiger partial charge in [0.25, 0.3) is 5.56 Å². The molecule has 0 saturated carbocycles. The molecule has 0 saturated heterocycles. The summed E-state index contributed by atoms with van der Waals surface area (Å²) in [7, 11) is 0. The molecule has 0 aliphatic heterocycles. The van der Waals surface area contributed by atoms with Gasteiger partial charge in [0.15, 0.2) is 0 Å². The summed E-state index contributed by atoms with van der Waals surface area (Å²) >= 11 is 1.71. The fourth-order valence-electron chi connectivity index (χ4n) is 3.93. The van der Waals surface area contributed by atoms with E-state index in [0.717, 1.165) is 40.0 Å². The molecular weight excluding hydrogens is 328 g/mol. The maximum atomic E-state index is 13.3. The number of hydrogen-bond acceptors (Lipinski definition) is 3. The minimum atomic E-state index is 0.0807. The van der Waals surface area contributed by atoms with Crippen LogP contribution in [0.2, 0.25) is 0 Å². The molecule has 2 aromatic heterocycles. The van der Waals surface area contributed by atoms with E-state index < -0.39 is 0 Å². The fourth-order valence-corrected chi connectivity index (χ4v) is 5.22. The molecule has 0 radical (unpaired) electrons. The highest BCUT2D eigenvalue weighted by molar-refractivity contribution is 7.18. The van der Waals surface area contributed by atoms with Crippen molar-refractivity contribution < 1.29 is 0 Å². The van der Waals surface area contributed by atoms with Crippen LogP contribution in [0.4, 0.5) is 0 Å². The van der Waals surface area contributed by atoms with Crippen LogP contribution in [0.3, 0.4) is 0 Å².